The Bertz CT molecular complexity index is 519. The number of rotatable bonds is 2. The summed E-state index contributed by atoms with van der Waals surface area (Å²) in [4.78, 5) is 23.1. The molecule has 18 heavy (non-hydrogen) atoms. The minimum absolute atomic E-state index is 0.0688. The average Bonchev–Trinajstić information content (AvgIpc) is 2.29. The van der Waals surface area contributed by atoms with Crippen molar-refractivity contribution in [1.82, 2.24) is 0 Å². The van der Waals surface area contributed by atoms with E-state index in [0.717, 1.165) is 6.08 Å². The summed E-state index contributed by atoms with van der Waals surface area (Å²) in [6, 6.07) is 6.98. The van der Waals surface area contributed by atoms with E-state index in [4.69, 9.17) is 9.47 Å². The van der Waals surface area contributed by atoms with Gasteiger partial charge in [-0.15, -0.1) is 0 Å². The third-order valence-corrected chi connectivity index (χ3v) is 2.19. The van der Waals surface area contributed by atoms with Gasteiger partial charge in [-0.25, -0.2) is 9.59 Å². The number of carbonyl (C=O) groups excluding carboxylic acids is 2. The molecular weight excluding hydrogens is 234 g/mol. The molecule has 2 rings (SSSR count). The van der Waals surface area contributed by atoms with Gasteiger partial charge in [0.2, 0.25) is 0 Å². The fourth-order valence-corrected chi connectivity index (χ4v) is 1.49. The molecule has 0 spiro atoms. The number of ether oxygens (including phenoxy) is 2. The first-order chi connectivity index (χ1) is 8.56. The highest BCUT2D eigenvalue weighted by atomic mass is 16.5. The lowest BCUT2D eigenvalue weighted by Crippen LogP contribution is -2.24. The van der Waals surface area contributed by atoms with Gasteiger partial charge in [-0.3, -0.25) is 0 Å². The lowest BCUT2D eigenvalue weighted by Gasteiger charge is -2.19. The van der Waals surface area contributed by atoms with Gasteiger partial charge < -0.3 is 14.8 Å². The predicted octanol–water partition coefficient (Wildman–Crippen LogP) is 1.85. The first-order valence-corrected chi connectivity index (χ1v) is 5.57. The van der Waals surface area contributed by atoms with E-state index in [0.29, 0.717) is 11.4 Å². The molecule has 94 valence electrons. The van der Waals surface area contributed by atoms with Crippen molar-refractivity contribution >= 4 is 17.6 Å². The second-order valence-electron chi connectivity index (χ2n) is 4.05. The van der Waals surface area contributed by atoms with Crippen molar-refractivity contribution in [1.29, 1.82) is 0 Å². The number of carbonyl (C=O) groups is 2. The van der Waals surface area contributed by atoms with Crippen LogP contribution in [-0.2, 0) is 14.3 Å². The summed E-state index contributed by atoms with van der Waals surface area (Å²) in [6.45, 7) is 3.47. The van der Waals surface area contributed by atoms with Crippen molar-refractivity contribution in [3.63, 3.8) is 0 Å². The van der Waals surface area contributed by atoms with Crippen LogP contribution in [0.3, 0.4) is 0 Å². The first kappa shape index (κ1) is 12.2. The zero-order chi connectivity index (χ0) is 13.1. The number of fused-ring (bicyclic) bond motifs is 1. The Kier molecular flexibility index (Phi) is 3.32. The molecule has 0 unspecified atom stereocenters. The lowest BCUT2D eigenvalue weighted by molar-refractivity contribution is -0.142. The van der Waals surface area contributed by atoms with Gasteiger partial charge in [0.05, 0.1) is 17.9 Å². The maximum atomic E-state index is 11.6. The number of hydrogen-bond donors (Lipinski definition) is 1. The number of para-hydroxylation sites is 2. The molecule has 5 nitrogen and oxygen atoms in total. The van der Waals surface area contributed by atoms with Crippen LogP contribution in [0.1, 0.15) is 13.8 Å². The Labute approximate surface area is 104 Å². The largest absolute Gasteiger partial charge is 0.460 e. The molecule has 1 aliphatic heterocycles. The van der Waals surface area contributed by atoms with Gasteiger partial charge in [0.1, 0.15) is 5.70 Å². The Morgan fingerprint density at radius 2 is 2.11 bits per heavy atom. The second kappa shape index (κ2) is 4.91. The van der Waals surface area contributed by atoms with Crippen LogP contribution in [0, 0.1) is 0 Å². The Hall–Kier alpha value is -2.30. The van der Waals surface area contributed by atoms with Gasteiger partial charge in [-0.1, -0.05) is 12.1 Å². The smallest absolute Gasteiger partial charge is 0.360 e. The van der Waals surface area contributed by atoms with Gasteiger partial charge in [0, 0.05) is 0 Å². The van der Waals surface area contributed by atoms with Crippen molar-refractivity contribution in [2.45, 2.75) is 20.0 Å². The van der Waals surface area contributed by atoms with Crippen LogP contribution in [-0.4, -0.2) is 18.0 Å². The van der Waals surface area contributed by atoms with Gasteiger partial charge in [0.15, 0.2) is 5.75 Å². The zero-order valence-electron chi connectivity index (χ0n) is 10.1. The number of nitrogens with one attached hydrogen (secondary N) is 1. The Morgan fingerprint density at radius 1 is 1.39 bits per heavy atom. The molecule has 1 aromatic rings. The quantitative estimate of drug-likeness (QED) is 0.491. The number of benzene rings is 1. The lowest BCUT2D eigenvalue weighted by atomic mass is 10.2. The van der Waals surface area contributed by atoms with E-state index in [9.17, 15) is 9.59 Å². The Balaban J connectivity index is 2.19. The molecule has 0 atom stereocenters. The molecule has 1 aliphatic rings. The minimum Gasteiger partial charge on any atom is -0.460 e. The van der Waals surface area contributed by atoms with Crippen molar-refractivity contribution in [2.24, 2.45) is 0 Å². The van der Waals surface area contributed by atoms with Crippen molar-refractivity contribution < 1.29 is 19.1 Å². The molecule has 5 heteroatoms. The molecule has 0 bridgehead atoms. The monoisotopic (exact) mass is 247 g/mol. The molecule has 0 fully saturated rings. The van der Waals surface area contributed by atoms with Gasteiger partial charge in [0.25, 0.3) is 0 Å². The van der Waals surface area contributed by atoms with Gasteiger partial charge >= 0.3 is 11.9 Å². The normalized spacial score (nSPS) is 15.9. The standard InChI is InChI=1S/C13H13NO4/c1-8(2)17-12(15)7-10-13(16)18-11-6-4-3-5-9(11)14-10/h3-8,14H,1-2H3. The summed E-state index contributed by atoms with van der Waals surface area (Å²) in [5, 5.41) is 2.84. The molecule has 0 saturated carbocycles. The summed E-state index contributed by atoms with van der Waals surface area (Å²) in [7, 11) is 0. The molecule has 0 radical (unpaired) electrons. The van der Waals surface area contributed by atoms with Crippen LogP contribution in [0.2, 0.25) is 0 Å². The zero-order valence-corrected chi connectivity index (χ0v) is 10.1. The van der Waals surface area contributed by atoms with Crippen LogP contribution < -0.4 is 10.1 Å². The maximum Gasteiger partial charge on any atom is 0.360 e. The van der Waals surface area contributed by atoms with E-state index in [1.54, 1.807) is 38.1 Å². The van der Waals surface area contributed by atoms with Gasteiger partial charge in [-0.05, 0) is 26.0 Å². The minimum atomic E-state index is -0.602. The van der Waals surface area contributed by atoms with E-state index < -0.39 is 11.9 Å². The van der Waals surface area contributed by atoms with E-state index in [1.165, 1.54) is 0 Å². The van der Waals surface area contributed by atoms with Crippen LogP contribution in [0.5, 0.6) is 5.75 Å². The van der Waals surface area contributed by atoms with Crippen LogP contribution >= 0.6 is 0 Å². The highest BCUT2D eigenvalue weighted by Gasteiger charge is 2.22. The fraction of sp³-hybridized carbons (Fsp3) is 0.231. The topological polar surface area (TPSA) is 64.6 Å². The fourth-order valence-electron chi connectivity index (χ4n) is 1.49. The van der Waals surface area contributed by atoms with Crippen molar-refractivity contribution in [3.8, 4) is 5.75 Å². The molecule has 0 aromatic heterocycles. The third-order valence-electron chi connectivity index (χ3n) is 2.19. The number of esters is 2. The highest BCUT2D eigenvalue weighted by molar-refractivity contribution is 6.02. The summed E-state index contributed by atoms with van der Waals surface area (Å²) in [5.41, 5.74) is 0.708. The third kappa shape index (κ3) is 2.68. The molecule has 0 saturated heterocycles. The second-order valence-corrected chi connectivity index (χ2v) is 4.05. The molecular formula is C13H13NO4. The number of hydrogen-bond acceptors (Lipinski definition) is 5. The van der Waals surface area contributed by atoms with Crippen LogP contribution in [0.25, 0.3) is 0 Å². The summed E-state index contributed by atoms with van der Waals surface area (Å²) in [5.74, 6) is -0.741. The summed E-state index contributed by atoms with van der Waals surface area (Å²) < 4.78 is 10.00. The van der Waals surface area contributed by atoms with Crippen molar-refractivity contribution in [2.75, 3.05) is 5.32 Å². The maximum absolute atomic E-state index is 11.6. The highest BCUT2D eigenvalue weighted by Crippen LogP contribution is 2.29. The van der Waals surface area contributed by atoms with E-state index in [1.807, 2.05) is 0 Å². The van der Waals surface area contributed by atoms with E-state index >= 15 is 0 Å². The Morgan fingerprint density at radius 3 is 2.83 bits per heavy atom. The van der Waals surface area contributed by atoms with Crippen LogP contribution in [0.4, 0.5) is 5.69 Å². The first-order valence-electron chi connectivity index (χ1n) is 5.57. The van der Waals surface area contributed by atoms with E-state index in [2.05, 4.69) is 5.32 Å². The molecule has 1 aromatic carbocycles. The number of anilines is 1. The molecule has 0 aliphatic carbocycles. The van der Waals surface area contributed by atoms with Crippen molar-refractivity contribution in [3.05, 3.63) is 36.0 Å². The molecule has 1 N–H and O–H groups in total. The summed E-state index contributed by atoms with van der Waals surface area (Å²) in [6.07, 6.45) is 0.861. The predicted molar refractivity (Wildman–Crippen MR) is 65.0 cm³/mol. The molecule has 1 heterocycles. The summed E-state index contributed by atoms with van der Waals surface area (Å²) >= 11 is 0. The van der Waals surface area contributed by atoms with Crippen LogP contribution in [0.15, 0.2) is 36.0 Å². The van der Waals surface area contributed by atoms with E-state index in [-0.39, 0.29) is 11.8 Å². The SMILES string of the molecule is CC(C)OC(=O)C=C1Nc2ccccc2OC1=O. The molecule has 0 amide bonds. The van der Waals surface area contributed by atoms with Gasteiger partial charge in [-0.2, -0.15) is 0 Å². The average molecular weight is 247 g/mol.